The lowest BCUT2D eigenvalue weighted by atomic mass is 9.80. The number of unbranched alkanes of at least 4 members (excludes halogenated alkanes) is 1. The fraction of sp³-hybridized carbons (Fsp3) is 0.341. The van der Waals surface area contributed by atoms with Gasteiger partial charge in [0.1, 0.15) is 36.1 Å². The molecule has 0 amide bonds. The molecule has 3 N–H and O–H groups in total. The van der Waals surface area contributed by atoms with E-state index in [9.17, 15) is 20.1 Å². The third kappa shape index (κ3) is 9.33. The molecule has 2 heterocycles. The number of methoxy groups -OCH3 is 1. The number of rotatable bonds is 9. The van der Waals surface area contributed by atoms with Crippen molar-refractivity contribution in [1.82, 2.24) is 0 Å². The molecular formula is C44H46O7. The number of ether oxygens (including phenoxy) is 3. The lowest BCUT2D eigenvalue weighted by Gasteiger charge is -2.28. The number of aliphatic hydroxyl groups excluding tert-OH is 2. The highest BCUT2D eigenvalue weighted by Gasteiger charge is 2.27. The summed E-state index contributed by atoms with van der Waals surface area (Å²) >= 11 is 0. The van der Waals surface area contributed by atoms with Crippen molar-refractivity contribution < 1.29 is 34.3 Å². The molecule has 2 aliphatic heterocycles. The van der Waals surface area contributed by atoms with E-state index in [1.54, 1.807) is 19.3 Å². The molecule has 4 aromatic rings. The van der Waals surface area contributed by atoms with Gasteiger partial charge in [0.05, 0.1) is 13.7 Å². The SMILES string of the molecule is COc1ccc2cc1OCc1cc3ccc(O)c(c3cc1CO)CC#CO[C@@H](C[C@@H]1C=C(O)C=C[C@H]1CCCCc1ccccc1)CC(=O)CC2. The highest BCUT2D eigenvalue weighted by Crippen LogP contribution is 2.35. The van der Waals surface area contributed by atoms with E-state index in [2.05, 4.69) is 42.4 Å². The second kappa shape index (κ2) is 17.2. The lowest BCUT2D eigenvalue weighted by molar-refractivity contribution is -0.121. The maximum Gasteiger partial charge on any atom is 0.161 e. The van der Waals surface area contributed by atoms with Crippen molar-refractivity contribution >= 4 is 16.6 Å². The highest BCUT2D eigenvalue weighted by atomic mass is 16.5. The van der Waals surface area contributed by atoms with Gasteiger partial charge in [-0.3, -0.25) is 4.79 Å². The Bertz CT molecular complexity index is 1950. The van der Waals surface area contributed by atoms with Crippen molar-refractivity contribution in [3.05, 3.63) is 125 Å². The molecule has 0 saturated heterocycles. The van der Waals surface area contributed by atoms with Crippen LogP contribution in [-0.4, -0.2) is 34.3 Å². The van der Waals surface area contributed by atoms with Crippen LogP contribution in [0, 0.1) is 23.9 Å². The molecule has 3 atom stereocenters. The van der Waals surface area contributed by atoms with Gasteiger partial charge < -0.3 is 29.5 Å². The van der Waals surface area contributed by atoms with E-state index in [4.69, 9.17) is 14.2 Å². The minimum Gasteiger partial charge on any atom is -0.508 e. The summed E-state index contributed by atoms with van der Waals surface area (Å²) in [6, 6.07) is 23.5. The Balaban J connectivity index is 1.25. The summed E-state index contributed by atoms with van der Waals surface area (Å²) in [4.78, 5) is 13.5. The van der Waals surface area contributed by atoms with E-state index in [0.717, 1.165) is 47.6 Å². The minimum atomic E-state index is -0.487. The number of fused-ring (bicyclic) bond motifs is 9. The van der Waals surface area contributed by atoms with Crippen molar-refractivity contribution in [1.29, 1.82) is 0 Å². The van der Waals surface area contributed by atoms with Gasteiger partial charge in [0.15, 0.2) is 11.5 Å². The normalized spacial score (nSPS) is 19.2. The standard InChI is InChI=1S/C44H46O7/c1-49-43-20-14-31-13-17-38(47)27-39(25-34-24-37(46)18-15-32(34)11-6-5-10-30-8-3-2-4-9-30)50-21-7-12-40-41-26-35(28-45)36(29-51-44(43)22-31)23-33(41)16-19-42(40)48/h2-4,8-9,14-16,18-20,22-24,26,32,34,39,45-46,48H,5-6,10-13,17,25,27-29H2,1H3/t32-,34+,39+/m1/s1. The van der Waals surface area contributed by atoms with Crippen LogP contribution in [0.25, 0.3) is 10.8 Å². The Morgan fingerprint density at radius 1 is 0.961 bits per heavy atom. The number of aliphatic hydroxyl groups is 2. The van der Waals surface area contributed by atoms with Gasteiger partial charge in [-0.1, -0.05) is 60.9 Å². The molecule has 0 unspecified atom stereocenters. The number of allylic oxidation sites excluding steroid dienone is 3. The molecule has 7 heteroatoms. The topological polar surface area (TPSA) is 105 Å². The molecule has 0 aromatic heterocycles. The molecule has 0 spiro atoms. The number of hydrogen-bond donors (Lipinski definition) is 3. The van der Waals surface area contributed by atoms with Gasteiger partial charge in [0, 0.05) is 24.8 Å². The molecule has 7 nitrogen and oxygen atoms in total. The molecule has 3 aliphatic rings. The third-order valence-corrected chi connectivity index (χ3v) is 10.00. The van der Waals surface area contributed by atoms with E-state index in [1.807, 2.05) is 48.5 Å². The maximum atomic E-state index is 13.5. The predicted octanol–water partition coefficient (Wildman–Crippen LogP) is 8.47. The molecule has 0 radical (unpaired) electrons. The number of aryl methyl sites for hydroxylation is 2. The number of aromatic hydroxyl groups is 1. The Labute approximate surface area is 300 Å². The average Bonchev–Trinajstić information content (AvgIpc) is 3.14. The summed E-state index contributed by atoms with van der Waals surface area (Å²) in [5.74, 6) is 4.79. The number of hydrogen-bond acceptors (Lipinski definition) is 7. The average molecular weight is 687 g/mol. The minimum absolute atomic E-state index is 0.0116. The van der Waals surface area contributed by atoms with Crippen molar-refractivity contribution in [2.45, 2.75) is 77.1 Å². The smallest absolute Gasteiger partial charge is 0.161 e. The number of ketones is 1. The van der Waals surface area contributed by atoms with Gasteiger partial charge in [-0.2, -0.15) is 0 Å². The van der Waals surface area contributed by atoms with Gasteiger partial charge in [-0.05, 0) is 119 Å². The molecule has 51 heavy (non-hydrogen) atoms. The van der Waals surface area contributed by atoms with Crippen LogP contribution in [0.2, 0.25) is 0 Å². The zero-order valence-corrected chi connectivity index (χ0v) is 29.1. The molecule has 264 valence electrons. The van der Waals surface area contributed by atoms with E-state index >= 15 is 0 Å². The first-order valence-electron chi connectivity index (χ1n) is 17.8. The molecular weight excluding hydrogens is 640 g/mol. The van der Waals surface area contributed by atoms with Gasteiger partial charge >= 0.3 is 0 Å². The zero-order valence-electron chi connectivity index (χ0n) is 29.1. The van der Waals surface area contributed by atoms with Gasteiger partial charge in [0.2, 0.25) is 0 Å². The van der Waals surface area contributed by atoms with Crippen molar-refractivity contribution in [3.8, 4) is 29.3 Å². The monoisotopic (exact) mass is 686 g/mol. The van der Waals surface area contributed by atoms with Crippen molar-refractivity contribution in [3.63, 3.8) is 0 Å². The predicted molar refractivity (Wildman–Crippen MR) is 199 cm³/mol. The van der Waals surface area contributed by atoms with Crippen molar-refractivity contribution in [2.24, 2.45) is 11.8 Å². The summed E-state index contributed by atoms with van der Waals surface area (Å²) in [6.45, 7) is -0.00164. The van der Waals surface area contributed by atoms with Crippen LogP contribution in [0.5, 0.6) is 17.2 Å². The van der Waals surface area contributed by atoms with E-state index in [0.29, 0.717) is 41.9 Å². The van der Waals surface area contributed by atoms with Crippen LogP contribution in [0.4, 0.5) is 0 Å². The first kappa shape index (κ1) is 35.6. The largest absolute Gasteiger partial charge is 0.508 e. The van der Waals surface area contributed by atoms with Crippen molar-refractivity contribution in [2.75, 3.05) is 7.11 Å². The first-order chi connectivity index (χ1) is 24.9. The molecule has 4 aromatic carbocycles. The van der Waals surface area contributed by atoms with Crippen LogP contribution >= 0.6 is 0 Å². The Kier molecular flexibility index (Phi) is 12.0. The molecule has 0 saturated carbocycles. The lowest BCUT2D eigenvalue weighted by Crippen LogP contribution is -2.24. The van der Waals surface area contributed by atoms with Crippen LogP contribution < -0.4 is 9.47 Å². The molecule has 7 rings (SSSR count). The maximum absolute atomic E-state index is 13.5. The third-order valence-electron chi connectivity index (χ3n) is 10.00. The highest BCUT2D eigenvalue weighted by molar-refractivity contribution is 5.89. The number of carbonyl (C=O) groups excluding carboxylic acids is 1. The van der Waals surface area contributed by atoms with Crippen LogP contribution in [0.1, 0.15) is 66.3 Å². The van der Waals surface area contributed by atoms with E-state index in [-0.39, 0.29) is 55.2 Å². The van der Waals surface area contributed by atoms with Gasteiger partial charge in [-0.25, -0.2) is 0 Å². The van der Waals surface area contributed by atoms with Gasteiger partial charge in [-0.15, -0.1) is 0 Å². The molecule has 1 aliphatic carbocycles. The number of Topliss-reactive ketones (excluding diaryl/α,β-unsaturated/α-hetero) is 1. The van der Waals surface area contributed by atoms with Crippen LogP contribution in [0.3, 0.4) is 0 Å². The summed E-state index contributed by atoms with van der Waals surface area (Å²) in [7, 11) is 1.59. The quantitative estimate of drug-likeness (QED) is 0.120. The second-order valence-electron chi connectivity index (χ2n) is 13.5. The number of phenols is 1. The Morgan fingerprint density at radius 2 is 1.82 bits per heavy atom. The van der Waals surface area contributed by atoms with Crippen LogP contribution in [0.15, 0.2) is 96.8 Å². The number of carbonyl (C=O) groups is 1. The number of benzene rings is 4. The summed E-state index contributed by atoms with van der Waals surface area (Å²) < 4.78 is 18.0. The number of phenolic OH excluding ortho intramolecular Hbond substituents is 1. The summed E-state index contributed by atoms with van der Waals surface area (Å²) in [6.07, 6.45) is 14.0. The van der Waals surface area contributed by atoms with Gasteiger partial charge in [0.25, 0.3) is 0 Å². The molecule has 0 fully saturated rings. The van der Waals surface area contributed by atoms with E-state index < -0.39 is 6.10 Å². The first-order valence-corrected chi connectivity index (χ1v) is 17.8. The Morgan fingerprint density at radius 3 is 2.65 bits per heavy atom. The second-order valence-corrected chi connectivity index (χ2v) is 13.5. The summed E-state index contributed by atoms with van der Waals surface area (Å²) in [5, 5.41) is 33.3. The zero-order chi connectivity index (χ0) is 35.6. The summed E-state index contributed by atoms with van der Waals surface area (Å²) in [5.41, 5.74) is 4.40. The van der Waals surface area contributed by atoms with E-state index in [1.165, 1.54) is 5.56 Å². The Hall–Kier alpha value is -5.19. The van der Waals surface area contributed by atoms with Crippen LogP contribution in [-0.2, 0) is 42.0 Å². The fourth-order valence-corrected chi connectivity index (χ4v) is 7.16. The fourth-order valence-electron chi connectivity index (χ4n) is 7.16. The molecule has 6 bridgehead atoms.